The van der Waals surface area contributed by atoms with E-state index in [1.54, 1.807) is 0 Å². The highest BCUT2D eigenvalue weighted by atomic mass is 32.1. The fourth-order valence-electron chi connectivity index (χ4n) is 0.0830. The highest BCUT2D eigenvalue weighted by Crippen LogP contribution is 1.88. The quantitative estimate of drug-likeness (QED) is 0.407. The SMILES string of the molecule is CC(=O)C(S)[C]=O. The summed E-state index contributed by atoms with van der Waals surface area (Å²) in [6, 6.07) is 0. The van der Waals surface area contributed by atoms with E-state index in [1.807, 2.05) is 0 Å². The van der Waals surface area contributed by atoms with Gasteiger partial charge in [-0.3, -0.25) is 9.59 Å². The second-order valence-electron chi connectivity index (χ2n) is 1.13. The van der Waals surface area contributed by atoms with E-state index in [-0.39, 0.29) is 5.78 Å². The standard InChI is InChI=1S/C4H5O2S/c1-3(6)4(7)2-5/h4,7H,1H3. The largest absolute Gasteiger partial charge is 0.298 e. The van der Waals surface area contributed by atoms with Gasteiger partial charge in [-0.05, 0) is 6.92 Å². The first-order valence-corrected chi connectivity index (χ1v) is 2.26. The molecule has 0 aliphatic rings. The van der Waals surface area contributed by atoms with Crippen LogP contribution in [-0.2, 0) is 9.59 Å². The van der Waals surface area contributed by atoms with Crippen molar-refractivity contribution in [2.45, 2.75) is 12.2 Å². The van der Waals surface area contributed by atoms with Crippen LogP contribution in [0.15, 0.2) is 0 Å². The maximum absolute atomic E-state index is 10.0. The molecule has 0 heterocycles. The van der Waals surface area contributed by atoms with Gasteiger partial charge in [-0.1, -0.05) is 0 Å². The van der Waals surface area contributed by atoms with Crippen LogP contribution < -0.4 is 0 Å². The summed E-state index contributed by atoms with van der Waals surface area (Å²) in [6.07, 6.45) is 1.43. The number of Topliss-reactive ketones (excluding diaryl/α,β-unsaturated/α-hetero) is 1. The summed E-state index contributed by atoms with van der Waals surface area (Å²) in [7, 11) is 0. The van der Waals surface area contributed by atoms with Crippen LogP contribution in [0.2, 0.25) is 0 Å². The maximum Gasteiger partial charge on any atom is 0.220 e. The molecule has 0 aliphatic carbocycles. The second kappa shape index (κ2) is 2.80. The molecule has 0 rings (SSSR count). The fraction of sp³-hybridized carbons (Fsp3) is 0.500. The Bertz CT molecular complexity index is 89.7. The van der Waals surface area contributed by atoms with Gasteiger partial charge in [0.2, 0.25) is 6.29 Å². The Morgan fingerprint density at radius 1 is 1.86 bits per heavy atom. The number of carbonyl (C=O) groups excluding carboxylic acids is 2. The Hall–Kier alpha value is -0.310. The van der Waals surface area contributed by atoms with Gasteiger partial charge in [0.1, 0.15) is 11.0 Å². The summed E-state index contributed by atoms with van der Waals surface area (Å²) in [4.78, 5) is 19.6. The molecular formula is C4H5O2S. The minimum Gasteiger partial charge on any atom is -0.298 e. The predicted molar refractivity (Wildman–Crippen MR) is 29.1 cm³/mol. The predicted octanol–water partition coefficient (Wildman–Crippen LogP) is -0.0165. The van der Waals surface area contributed by atoms with Crippen molar-refractivity contribution in [3.63, 3.8) is 0 Å². The Balaban J connectivity index is 3.55. The number of rotatable bonds is 2. The molecule has 0 spiro atoms. The van der Waals surface area contributed by atoms with E-state index in [1.165, 1.54) is 13.2 Å². The van der Waals surface area contributed by atoms with Gasteiger partial charge >= 0.3 is 0 Å². The van der Waals surface area contributed by atoms with Crippen molar-refractivity contribution >= 4 is 24.7 Å². The molecule has 1 radical (unpaired) electrons. The summed E-state index contributed by atoms with van der Waals surface area (Å²) in [5, 5.41) is -0.847. The molecule has 2 nitrogen and oxygen atoms in total. The van der Waals surface area contributed by atoms with Crippen molar-refractivity contribution < 1.29 is 9.59 Å². The van der Waals surface area contributed by atoms with Crippen LogP contribution in [-0.4, -0.2) is 17.3 Å². The first-order chi connectivity index (χ1) is 3.18. The van der Waals surface area contributed by atoms with Crippen LogP contribution in [0.5, 0.6) is 0 Å². The van der Waals surface area contributed by atoms with Crippen LogP contribution in [0, 0.1) is 0 Å². The molecule has 3 heteroatoms. The minimum atomic E-state index is -0.847. The summed E-state index contributed by atoms with van der Waals surface area (Å²) < 4.78 is 0. The van der Waals surface area contributed by atoms with E-state index >= 15 is 0 Å². The van der Waals surface area contributed by atoms with Crippen LogP contribution in [0.3, 0.4) is 0 Å². The lowest BCUT2D eigenvalue weighted by Crippen LogP contribution is -2.10. The number of hydrogen-bond acceptors (Lipinski definition) is 3. The Kier molecular flexibility index (Phi) is 2.67. The Morgan fingerprint density at radius 3 is 2.29 bits per heavy atom. The molecule has 7 heavy (non-hydrogen) atoms. The lowest BCUT2D eigenvalue weighted by molar-refractivity contribution is -0.115. The highest BCUT2D eigenvalue weighted by molar-refractivity contribution is 7.82. The zero-order chi connectivity index (χ0) is 5.86. The molecule has 1 unspecified atom stereocenters. The highest BCUT2D eigenvalue weighted by Gasteiger charge is 2.04. The molecule has 0 aliphatic heterocycles. The molecule has 0 bridgehead atoms. The minimum absolute atomic E-state index is 0.265. The van der Waals surface area contributed by atoms with Crippen LogP contribution in [0.25, 0.3) is 0 Å². The normalized spacial score (nSPS) is 12.9. The second-order valence-corrected chi connectivity index (χ2v) is 1.65. The van der Waals surface area contributed by atoms with E-state index in [9.17, 15) is 9.59 Å². The number of ketones is 1. The third-order valence-electron chi connectivity index (χ3n) is 0.497. The van der Waals surface area contributed by atoms with Crippen molar-refractivity contribution in [3.8, 4) is 0 Å². The first kappa shape index (κ1) is 6.69. The van der Waals surface area contributed by atoms with Gasteiger partial charge in [-0.15, -0.1) is 0 Å². The van der Waals surface area contributed by atoms with Gasteiger partial charge in [-0.25, -0.2) is 0 Å². The van der Waals surface area contributed by atoms with Gasteiger partial charge < -0.3 is 0 Å². The average Bonchev–Trinajstić information content (AvgIpc) is 1.65. The Morgan fingerprint density at radius 2 is 2.29 bits per heavy atom. The Labute approximate surface area is 47.3 Å². The first-order valence-electron chi connectivity index (χ1n) is 1.74. The number of carbonyl (C=O) groups is 1. The smallest absolute Gasteiger partial charge is 0.220 e. The molecule has 0 fully saturated rings. The van der Waals surface area contributed by atoms with Crippen molar-refractivity contribution in [1.29, 1.82) is 0 Å². The molecule has 0 aromatic rings. The van der Waals surface area contributed by atoms with Gasteiger partial charge in [0.25, 0.3) is 0 Å². The maximum atomic E-state index is 10.0. The topological polar surface area (TPSA) is 34.1 Å². The molecule has 0 saturated heterocycles. The molecule has 39 valence electrons. The molecule has 1 atom stereocenters. The lowest BCUT2D eigenvalue weighted by atomic mass is 10.3. The van der Waals surface area contributed by atoms with Crippen molar-refractivity contribution in [3.05, 3.63) is 0 Å². The summed E-state index contributed by atoms with van der Waals surface area (Å²) in [5.74, 6) is -0.265. The van der Waals surface area contributed by atoms with Gasteiger partial charge in [0.15, 0.2) is 0 Å². The monoisotopic (exact) mass is 117 g/mol. The van der Waals surface area contributed by atoms with E-state index < -0.39 is 5.25 Å². The third kappa shape index (κ3) is 2.39. The van der Waals surface area contributed by atoms with E-state index in [0.717, 1.165) is 0 Å². The molecular weight excluding hydrogens is 112 g/mol. The summed E-state index contributed by atoms with van der Waals surface area (Å²) in [5.41, 5.74) is 0. The van der Waals surface area contributed by atoms with Crippen molar-refractivity contribution in [2.75, 3.05) is 0 Å². The van der Waals surface area contributed by atoms with Crippen LogP contribution in [0.1, 0.15) is 6.92 Å². The van der Waals surface area contributed by atoms with Gasteiger partial charge in [0.05, 0.1) is 0 Å². The van der Waals surface area contributed by atoms with E-state index in [0.29, 0.717) is 0 Å². The fourth-order valence-corrected chi connectivity index (χ4v) is 0.0830. The molecule has 0 N–H and O–H groups in total. The molecule has 0 saturated carbocycles. The zero-order valence-corrected chi connectivity index (χ0v) is 4.74. The zero-order valence-electron chi connectivity index (χ0n) is 3.84. The third-order valence-corrected chi connectivity index (χ3v) is 0.966. The molecule has 0 aromatic heterocycles. The van der Waals surface area contributed by atoms with E-state index in [2.05, 4.69) is 12.6 Å². The van der Waals surface area contributed by atoms with Gasteiger partial charge in [-0.2, -0.15) is 12.6 Å². The van der Waals surface area contributed by atoms with Crippen molar-refractivity contribution in [1.82, 2.24) is 0 Å². The van der Waals surface area contributed by atoms with Crippen LogP contribution >= 0.6 is 12.6 Å². The lowest BCUT2D eigenvalue weighted by Gasteiger charge is -1.87. The van der Waals surface area contributed by atoms with Crippen LogP contribution in [0.4, 0.5) is 0 Å². The van der Waals surface area contributed by atoms with E-state index in [4.69, 9.17) is 0 Å². The van der Waals surface area contributed by atoms with Gasteiger partial charge in [0, 0.05) is 0 Å². The number of thiol groups is 1. The molecule has 0 amide bonds. The number of hydrogen-bond donors (Lipinski definition) is 1. The van der Waals surface area contributed by atoms with Crippen molar-refractivity contribution in [2.24, 2.45) is 0 Å². The summed E-state index contributed by atoms with van der Waals surface area (Å²) in [6.45, 7) is 1.29. The average molecular weight is 117 g/mol. The summed E-state index contributed by atoms with van der Waals surface area (Å²) >= 11 is 3.55. The molecule has 0 aromatic carbocycles.